The SMILES string of the molecule is Cc1ccc(NC(=O)CN(C)CC(=O)Nc2cccc(F)c2)c(Br)c1. The summed E-state index contributed by atoms with van der Waals surface area (Å²) in [6, 6.07) is 11.3. The normalized spacial score (nSPS) is 10.6. The zero-order chi connectivity index (χ0) is 18.4. The smallest absolute Gasteiger partial charge is 0.238 e. The zero-order valence-electron chi connectivity index (χ0n) is 14.0. The Labute approximate surface area is 154 Å². The van der Waals surface area contributed by atoms with Crippen molar-refractivity contribution in [2.24, 2.45) is 0 Å². The summed E-state index contributed by atoms with van der Waals surface area (Å²) < 4.78 is 13.9. The molecule has 2 aromatic rings. The van der Waals surface area contributed by atoms with E-state index in [1.54, 1.807) is 18.0 Å². The van der Waals surface area contributed by atoms with Crippen molar-refractivity contribution in [3.8, 4) is 0 Å². The molecular weight excluding hydrogens is 389 g/mol. The molecule has 0 aromatic heterocycles. The third kappa shape index (κ3) is 6.28. The number of carbonyl (C=O) groups is 2. The first-order chi connectivity index (χ1) is 11.8. The number of hydrogen-bond donors (Lipinski definition) is 2. The fourth-order valence-corrected chi connectivity index (χ4v) is 2.82. The van der Waals surface area contributed by atoms with E-state index in [2.05, 4.69) is 26.6 Å². The summed E-state index contributed by atoms with van der Waals surface area (Å²) in [6.45, 7) is 2.03. The third-order valence-electron chi connectivity index (χ3n) is 3.33. The van der Waals surface area contributed by atoms with Crippen molar-refractivity contribution in [3.63, 3.8) is 0 Å². The minimum atomic E-state index is -0.422. The maximum Gasteiger partial charge on any atom is 0.238 e. The van der Waals surface area contributed by atoms with E-state index in [4.69, 9.17) is 0 Å². The van der Waals surface area contributed by atoms with Gasteiger partial charge >= 0.3 is 0 Å². The molecule has 0 fully saturated rings. The Kier molecular flexibility index (Phi) is 6.66. The van der Waals surface area contributed by atoms with Crippen molar-refractivity contribution >= 4 is 39.1 Å². The van der Waals surface area contributed by atoms with Crippen molar-refractivity contribution in [3.05, 3.63) is 58.3 Å². The number of carbonyl (C=O) groups excluding carboxylic acids is 2. The van der Waals surface area contributed by atoms with Gasteiger partial charge in [-0.2, -0.15) is 0 Å². The van der Waals surface area contributed by atoms with Gasteiger partial charge in [-0.1, -0.05) is 12.1 Å². The molecule has 0 aliphatic carbocycles. The summed E-state index contributed by atoms with van der Waals surface area (Å²) >= 11 is 3.40. The van der Waals surface area contributed by atoms with Gasteiger partial charge in [0, 0.05) is 10.2 Å². The lowest BCUT2D eigenvalue weighted by Crippen LogP contribution is -2.36. The Bertz CT molecular complexity index is 783. The molecule has 0 radical (unpaired) electrons. The first-order valence-corrected chi connectivity index (χ1v) is 8.43. The molecule has 2 N–H and O–H groups in total. The van der Waals surface area contributed by atoms with Crippen LogP contribution in [0.2, 0.25) is 0 Å². The lowest BCUT2D eigenvalue weighted by atomic mass is 10.2. The summed E-state index contributed by atoms with van der Waals surface area (Å²) in [6.07, 6.45) is 0. The fourth-order valence-electron chi connectivity index (χ4n) is 2.22. The Balaban J connectivity index is 1.83. The second-order valence-corrected chi connectivity index (χ2v) is 6.62. The third-order valence-corrected chi connectivity index (χ3v) is 3.99. The number of amides is 2. The van der Waals surface area contributed by atoms with Crippen LogP contribution in [0.1, 0.15) is 5.56 Å². The highest BCUT2D eigenvalue weighted by atomic mass is 79.9. The Morgan fingerprint density at radius 1 is 1.08 bits per heavy atom. The average molecular weight is 408 g/mol. The van der Waals surface area contributed by atoms with Gasteiger partial charge < -0.3 is 10.6 Å². The van der Waals surface area contributed by atoms with Gasteiger partial charge in [0.15, 0.2) is 0 Å². The van der Waals surface area contributed by atoms with Crippen LogP contribution in [0.15, 0.2) is 46.9 Å². The molecular formula is C18H19BrFN3O2. The van der Waals surface area contributed by atoms with Crippen LogP contribution in [0, 0.1) is 12.7 Å². The predicted molar refractivity (Wildman–Crippen MR) is 100 cm³/mol. The Morgan fingerprint density at radius 2 is 1.76 bits per heavy atom. The van der Waals surface area contributed by atoms with Gasteiger partial charge in [-0.05, 0) is 65.8 Å². The lowest BCUT2D eigenvalue weighted by Gasteiger charge is -2.16. The standard InChI is InChI=1S/C18H19BrFN3O2/c1-12-6-7-16(15(19)8-12)22-18(25)11-23(2)10-17(24)21-14-5-3-4-13(20)9-14/h3-9H,10-11H2,1-2H3,(H,21,24)(H,22,25). The van der Waals surface area contributed by atoms with E-state index in [0.29, 0.717) is 11.4 Å². The van der Waals surface area contributed by atoms with E-state index in [9.17, 15) is 14.0 Å². The van der Waals surface area contributed by atoms with Crippen LogP contribution in [0.25, 0.3) is 0 Å². The predicted octanol–water partition coefficient (Wildman–Crippen LogP) is 3.41. The van der Waals surface area contributed by atoms with Crippen molar-refractivity contribution in [1.29, 1.82) is 0 Å². The highest BCUT2D eigenvalue weighted by molar-refractivity contribution is 9.10. The maximum atomic E-state index is 13.1. The topological polar surface area (TPSA) is 61.4 Å². The Morgan fingerprint density at radius 3 is 2.40 bits per heavy atom. The van der Waals surface area contributed by atoms with E-state index in [-0.39, 0.29) is 24.9 Å². The zero-order valence-corrected chi connectivity index (χ0v) is 15.6. The molecule has 0 unspecified atom stereocenters. The first kappa shape index (κ1) is 19.1. The molecule has 0 atom stereocenters. The Hall–Kier alpha value is -2.25. The summed E-state index contributed by atoms with van der Waals surface area (Å²) in [4.78, 5) is 25.6. The molecule has 5 nitrogen and oxygen atoms in total. The monoisotopic (exact) mass is 407 g/mol. The van der Waals surface area contributed by atoms with Crippen LogP contribution in [0.3, 0.4) is 0 Å². The number of anilines is 2. The number of nitrogens with zero attached hydrogens (tertiary/aromatic N) is 1. The molecule has 0 aliphatic rings. The number of aryl methyl sites for hydroxylation is 1. The summed E-state index contributed by atoms with van der Waals surface area (Å²) in [5.41, 5.74) is 2.13. The fraction of sp³-hybridized carbons (Fsp3) is 0.222. The molecule has 7 heteroatoms. The van der Waals surface area contributed by atoms with Crippen LogP contribution < -0.4 is 10.6 Å². The molecule has 132 valence electrons. The molecule has 0 aliphatic heterocycles. The summed E-state index contributed by atoms with van der Waals surface area (Å²) in [7, 11) is 1.66. The van der Waals surface area contributed by atoms with E-state index >= 15 is 0 Å². The van der Waals surface area contributed by atoms with Gasteiger partial charge in [0.1, 0.15) is 5.82 Å². The average Bonchev–Trinajstić information content (AvgIpc) is 2.49. The van der Waals surface area contributed by atoms with E-state index < -0.39 is 5.82 Å². The summed E-state index contributed by atoms with van der Waals surface area (Å²) in [5, 5.41) is 5.38. The number of halogens is 2. The van der Waals surface area contributed by atoms with Gasteiger partial charge in [0.05, 0.1) is 18.8 Å². The largest absolute Gasteiger partial charge is 0.325 e. The van der Waals surface area contributed by atoms with Gasteiger partial charge in [0.2, 0.25) is 11.8 Å². The van der Waals surface area contributed by atoms with Gasteiger partial charge in [-0.3, -0.25) is 14.5 Å². The molecule has 0 bridgehead atoms. The molecule has 25 heavy (non-hydrogen) atoms. The first-order valence-electron chi connectivity index (χ1n) is 7.63. The number of rotatable bonds is 6. The van der Waals surface area contributed by atoms with Gasteiger partial charge in [-0.15, -0.1) is 0 Å². The van der Waals surface area contributed by atoms with Crippen molar-refractivity contribution in [2.75, 3.05) is 30.8 Å². The highest BCUT2D eigenvalue weighted by Gasteiger charge is 2.12. The van der Waals surface area contributed by atoms with Crippen LogP contribution in [0.5, 0.6) is 0 Å². The minimum absolute atomic E-state index is 0.0129. The van der Waals surface area contributed by atoms with E-state index in [0.717, 1.165) is 10.0 Å². The molecule has 2 rings (SSSR count). The van der Waals surface area contributed by atoms with E-state index in [1.165, 1.54) is 18.2 Å². The molecule has 2 amide bonds. The van der Waals surface area contributed by atoms with Crippen LogP contribution in [0.4, 0.5) is 15.8 Å². The molecule has 0 saturated carbocycles. The molecule has 0 spiro atoms. The second kappa shape index (κ2) is 8.73. The number of nitrogens with one attached hydrogen (secondary N) is 2. The van der Waals surface area contributed by atoms with E-state index in [1.807, 2.05) is 25.1 Å². The van der Waals surface area contributed by atoms with Crippen LogP contribution in [-0.4, -0.2) is 36.9 Å². The van der Waals surface area contributed by atoms with Crippen molar-refractivity contribution in [2.45, 2.75) is 6.92 Å². The highest BCUT2D eigenvalue weighted by Crippen LogP contribution is 2.23. The van der Waals surface area contributed by atoms with Crippen molar-refractivity contribution < 1.29 is 14.0 Å². The lowest BCUT2D eigenvalue weighted by molar-refractivity contribution is -0.119. The van der Waals surface area contributed by atoms with Gasteiger partial charge in [-0.25, -0.2) is 4.39 Å². The summed E-state index contributed by atoms with van der Waals surface area (Å²) in [5.74, 6) is -0.975. The number of benzene rings is 2. The van der Waals surface area contributed by atoms with Crippen molar-refractivity contribution in [1.82, 2.24) is 4.90 Å². The molecule has 0 saturated heterocycles. The van der Waals surface area contributed by atoms with Crippen LogP contribution in [-0.2, 0) is 9.59 Å². The number of likely N-dealkylation sites (N-methyl/N-ethyl adjacent to an activating group) is 1. The van der Waals surface area contributed by atoms with Crippen LogP contribution >= 0.6 is 15.9 Å². The second-order valence-electron chi connectivity index (χ2n) is 5.76. The minimum Gasteiger partial charge on any atom is -0.325 e. The maximum absolute atomic E-state index is 13.1. The molecule has 2 aromatic carbocycles. The molecule has 0 heterocycles. The number of hydrogen-bond acceptors (Lipinski definition) is 3. The quantitative estimate of drug-likeness (QED) is 0.770. The van der Waals surface area contributed by atoms with Gasteiger partial charge in [0.25, 0.3) is 0 Å².